The van der Waals surface area contributed by atoms with Crippen LogP contribution < -0.4 is 14.8 Å². The maximum atomic E-state index is 12.7. The number of hydrogen-bond donors (Lipinski definition) is 2. The molecule has 0 saturated heterocycles. The first-order valence-electron chi connectivity index (χ1n) is 8.02. The van der Waals surface area contributed by atoms with Gasteiger partial charge in [-0.2, -0.15) is 0 Å². The Morgan fingerprint density at radius 1 is 1.04 bits per heavy atom. The molecule has 2 aromatic carbocycles. The van der Waals surface area contributed by atoms with Gasteiger partial charge in [-0.05, 0) is 55.8 Å². The summed E-state index contributed by atoms with van der Waals surface area (Å²) in [6, 6.07) is 11.5. The minimum absolute atomic E-state index is 0.121. The number of carbonyl (C=O) groups excluding carboxylic acids is 1. The highest BCUT2D eigenvalue weighted by molar-refractivity contribution is 7.92. The molecule has 7 heteroatoms. The van der Waals surface area contributed by atoms with Crippen LogP contribution >= 0.6 is 0 Å². The monoisotopic (exact) mass is 362 g/mol. The van der Waals surface area contributed by atoms with Gasteiger partial charge >= 0.3 is 0 Å². The van der Waals surface area contributed by atoms with Gasteiger partial charge in [0.25, 0.3) is 10.0 Å². The van der Waals surface area contributed by atoms with E-state index in [0.717, 1.165) is 0 Å². The van der Waals surface area contributed by atoms with Crippen LogP contribution in [0.15, 0.2) is 47.4 Å². The van der Waals surface area contributed by atoms with Gasteiger partial charge in [0.15, 0.2) is 0 Å². The fourth-order valence-electron chi connectivity index (χ4n) is 2.21. The van der Waals surface area contributed by atoms with Crippen molar-refractivity contribution in [2.45, 2.75) is 32.1 Å². The van der Waals surface area contributed by atoms with E-state index >= 15 is 0 Å². The summed E-state index contributed by atoms with van der Waals surface area (Å²) in [6.45, 7) is 5.86. The van der Waals surface area contributed by atoms with Crippen molar-refractivity contribution < 1.29 is 17.9 Å². The first-order valence-corrected chi connectivity index (χ1v) is 9.50. The van der Waals surface area contributed by atoms with Crippen molar-refractivity contribution in [1.29, 1.82) is 0 Å². The molecule has 25 heavy (non-hydrogen) atoms. The molecule has 0 spiro atoms. The molecule has 0 atom stereocenters. The molecule has 2 aromatic rings. The van der Waals surface area contributed by atoms with Gasteiger partial charge in [0.05, 0.1) is 11.5 Å². The van der Waals surface area contributed by atoms with Crippen LogP contribution in [0, 0.1) is 6.92 Å². The zero-order valence-corrected chi connectivity index (χ0v) is 15.3. The summed E-state index contributed by atoms with van der Waals surface area (Å²) in [7, 11) is -3.78. The van der Waals surface area contributed by atoms with Crippen LogP contribution in [0.3, 0.4) is 0 Å². The molecule has 2 rings (SSSR count). The quantitative estimate of drug-likeness (QED) is 0.789. The first kappa shape index (κ1) is 18.8. The summed E-state index contributed by atoms with van der Waals surface area (Å²) < 4.78 is 33.3. The van der Waals surface area contributed by atoms with Gasteiger partial charge in [-0.15, -0.1) is 0 Å². The SMILES string of the molecule is CCOc1ccc(NS(=O)(=O)c2cc(NC(=O)CC)ccc2C)cc1. The molecule has 0 fully saturated rings. The van der Waals surface area contributed by atoms with Crippen molar-refractivity contribution in [3.05, 3.63) is 48.0 Å². The molecule has 6 nitrogen and oxygen atoms in total. The van der Waals surface area contributed by atoms with Crippen molar-refractivity contribution in [1.82, 2.24) is 0 Å². The second-order valence-corrected chi connectivity index (χ2v) is 7.10. The average Bonchev–Trinajstić information content (AvgIpc) is 2.58. The van der Waals surface area contributed by atoms with Crippen LogP contribution in [0.2, 0.25) is 0 Å². The number of ether oxygens (including phenoxy) is 1. The zero-order valence-electron chi connectivity index (χ0n) is 14.5. The molecule has 0 radical (unpaired) electrons. The van der Waals surface area contributed by atoms with E-state index < -0.39 is 10.0 Å². The van der Waals surface area contributed by atoms with Gasteiger partial charge in [0, 0.05) is 17.8 Å². The molecule has 0 saturated carbocycles. The van der Waals surface area contributed by atoms with E-state index in [1.807, 2.05) is 6.92 Å². The van der Waals surface area contributed by atoms with E-state index in [-0.39, 0.29) is 10.8 Å². The number of sulfonamides is 1. The number of nitrogens with one attached hydrogen (secondary N) is 2. The normalized spacial score (nSPS) is 11.0. The van der Waals surface area contributed by atoms with Crippen molar-refractivity contribution in [3.8, 4) is 5.75 Å². The molecule has 0 aliphatic heterocycles. The second kappa shape index (κ2) is 8.02. The van der Waals surface area contributed by atoms with Gasteiger partial charge in [0.2, 0.25) is 5.91 Å². The topological polar surface area (TPSA) is 84.5 Å². The van der Waals surface area contributed by atoms with Crippen molar-refractivity contribution >= 4 is 27.3 Å². The largest absolute Gasteiger partial charge is 0.494 e. The molecule has 0 aliphatic carbocycles. The lowest BCUT2D eigenvalue weighted by atomic mass is 10.2. The molecule has 0 heterocycles. The maximum absolute atomic E-state index is 12.7. The number of benzene rings is 2. The van der Waals surface area contributed by atoms with Crippen molar-refractivity contribution in [2.75, 3.05) is 16.6 Å². The molecule has 1 amide bonds. The Labute approximate surface area is 148 Å². The Morgan fingerprint density at radius 2 is 1.68 bits per heavy atom. The van der Waals surface area contributed by atoms with Gasteiger partial charge in [-0.3, -0.25) is 9.52 Å². The highest BCUT2D eigenvalue weighted by Gasteiger charge is 2.18. The van der Waals surface area contributed by atoms with Gasteiger partial charge < -0.3 is 10.1 Å². The number of rotatable bonds is 7. The summed E-state index contributed by atoms with van der Waals surface area (Å²) in [5, 5.41) is 2.67. The Kier molecular flexibility index (Phi) is 6.03. The first-order chi connectivity index (χ1) is 11.9. The van der Waals surface area contributed by atoms with Gasteiger partial charge in [0.1, 0.15) is 5.75 Å². The Morgan fingerprint density at radius 3 is 2.28 bits per heavy atom. The summed E-state index contributed by atoms with van der Waals surface area (Å²) in [4.78, 5) is 11.6. The lowest BCUT2D eigenvalue weighted by Gasteiger charge is -2.13. The van der Waals surface area contributed by atoms with Crippen LogP contribution in [0.1, 0.15) is 25.8 Å². The van der Waals surface area contributed by atoms with Crippen LogP contribution in [0.4, 0.5) is 11.4 Å². The number of aryl methyl sites for hydroxylation is 1. The van der Waals surface area contributed by atoms with Crippen LogP contribution in [0.5, 0.6) is 5.75 Å². The molecule has 0 aromatic heterocycles. The summed E-state index contributed by atoms with van der Waals surface area (Å²) in [5.74, 6) is 0.498. The number of carbonyl (C=O) groups is 1. The Balaban J connectivity index is 2.26. The predicted octanol–water partition coefficient (Wildman–Crippen LogP) is 3.54. The fourth-order valence-corrected chi connectivity index (χ4v) is 3.54. The van der Waals surface area contributed by atoms with E-state index in [1.54, 1.807) is 50.2 Å². The van der Waals surface area contributed by atoms with E-state index in [4.69, 9.17) is 4.74 Å². The highest BCUT2D eigenvalue weighted by Crippen LogP contribution is 2.24. The third-order valence-electron chi connectivity index (χ3n) is 3.50. The van der Waals surface area contributed by atoms with Crippen LogP contribution in [-0.2, 0) is 14.8 Å². The molecular formula is C18H22N2O4S. The Hall–Kier alpha value is -2.54. The minimum Gasteiger partial charge on any atom is -0.494 e. The lowest BCUT2D eigenvalue weighted by Crippen LogP contribution is -2.15. The maximum Gasteiger partial charge on any atom is 0.262 e. The van der Waals surface area contributed by atoms with Crippen LogP contribution in [0.25, 0.3) is 0 Å². The third-order valence-corrected chi connectivity index (χ3v) is 5.02. The van der Waals surface area contributed by atoms with Gasteiger partial charge in [-0.25, -0.2) is 8.42 Å². The lowest BCUT2D eigenvalue weighted by molar-refractivity contribution is -0.115. The highest BCUT2D eigenvalue weighted by atomic mass is 32.2. The van der Waals surface area contributed by atoms with Crippen LogP contribution in [-0.4, -0.2) is 20.9 Å². The summed E-state index contributed by atoms with van der Waals surface area (Å²) in [5.41, 5.74) is 1.48. The van der Waals surface area contributed by atoms with E-state index in [2.05, 4.69) is 10.0 Å². The third kappa shape index (κ3) is 4.96. The molecule has 2 N–H and O–H groups in total. The Bertz CT molecular complexity index is 846. The number of anilines is 2. The van der Waals surface area contributed by atoms with Crippen molar-refractivity contribution in [2.24, 2.45) is 0 Å². The molecule has 0 bridgehead atoms. The second-order valence-electron chi connectivity index (χ2n) is 5.44. The standard InChI is InChI=1S/C18H22N2O4S/c1-4-18(21)19-15-7-6-13(3)17(12-15)25(22,23)20-14-8-10-16(11-9-14)24-5-2/h6-12,20H,4-5H2,1-3H3,(H,19,21). The zero-order chi connectivity index (χ0) is 18.4. The molecule has 0 aliphatic rings. The minimum atomic E-state index is -3.78. The van der Waals surface area contributed by atoms with E-state index in [0.29, 0.717) is 35.7 Å². The van der Waals surface area contributed by atoms with E-state index in [9.17, 15) is 13.2 Å². The van der Waals surface area contributed by atoms with E-state index in [1.165, 1.54) is 6.07 Å². The molecule has 134 valence electrons. The van der Waals surface area contributed by atoms with Gasteiger partial charge in [-0.1, -0.05) is 13.0 Å². The average molecular weight is 362 g/mol. The fraction of sp³-hybridized carbons (Fsp3) is 0.278. The molecular weight excluding hydrogens is 340 g/mol. The molecule has 0 unspecified atom stereocenters. The number of hydrogen-bond acceptors (Lipinski definition) is 4. The number of amides is 1. The smallest absolute Gasteiger partial charge is 0.262 e. The predicted molar refractivity (Wildman–Crippen MR) is 98.5 cm³/mol. The van der Waals surface area contributed by atoms with Crippen molar-refractivity contribution in [3.63, 3.8) is 0 Å². The summed E-state index contributed by atoms with van der Waals surface area (Å²) in [6.07, 6.45) is 0.320. The summed E-state index contributed by atoms with van der Waals surface area (Å²) >= 11 is 0.